The third kappa shape index (κ3) is 3.46. The van der Waals surface area contributed by atoms with Gasteiger partial charge in [0.15, 0.2) is 9.84 Å². The average molecular weight is 344 g/mol. The highest BCUT2D eigenvalue weighted by molar-refractivity contribution is 7.91. The van der Waals surface area contributed by atoms with E-state index < -0.39 is 15.6 Å². The molecule has 3 aromatic rings. The maximum Gasteiger partial charge on any atom is 0.437 e. The summed E-state index contributed by atoms with van der Waals surface area (Å²) in [5, 5.41) is 4.06. The molecule has 0 radical (unpaired) electrons. The highest BCUT2D eigenvalue weighted by atomic mass is 32.2. The molecule has 1 heterocycles. The summed E-state index contributed by atoms with van der Waals surface area (Å²) in [5.41, 5.74) is 1.64. The molecule has 3 rings (SSSR count). The lowest BCUT2D eigenvalue weighted by Crippen LogP contribution is -2.21. The van der Waals surface area contributed by atoms with Gasteiger partial charge in [0.1, 0.15) is 0 Å². The molecular formula is C17H16N2O4S. The molecule has 0 fully saturated rings. The largest absolute Gasteiger partial charge is 0.437 e. The molecule has 0 spiro atoms. The van der Waals surface area contributed by atoms with Gasteiger partial charge in [-0.25, -0.2) is 13.2 Å². The maximum atomic E-state index is 12.3. The molecular weight excluding hydrogens is 328 g/mol. The number of hydrogen-bond donors (Lipinski definition) is 0. The molecule has 0 saturated carbocycles. The lowest BCUT2D eigenvalue weighted by atomic mass is 10.2. The van der Waals surface area contributed by atoms with E-state index in [2.05, 4.69) is 5.10 Å². The van der Waals surface area contributed by atoms with Gasteiger partial charge >= 0.3 is 5.76 Å². The van der Waals surface area contributed by atoms with Gasteiger partial charge in [0.25, 0.3) is 0 Å². The second-order valence-electron chi connectivity index (χ2n) is 5.39. The number of nitrogens with zero attached hydrogens (tertiary/aromatic N) is 2. The SMILES string of the molecule is Cc1ccc(S(=O)(=O)CCn2nc(-c3ccccc3)oc2=O)cc1. The Morgan fingerprint density at radius 2 is 1.71 bits per heavy atom. The smallest absolute Gasteiger partial charge is 0.388 e. The van der Waals surface area contributed by atoms with E-state index in [1.165, 1.54) is 0 Å². The zero-order valence-electron chi connectivity index (χ0n) is 13.0. The van der Waals surface area contributed by atoms with Crippen molar-refractivity contribution in [2.75, 3.05) is 5.75 Å². The predicted molar refractivity (Wildman–Crippen MR) is 89.4 cm³/mol. The predicted octanol–water partition coefficient (Wildman–Crippen LogP) is 2.29. The second-order valence-corrected chi connectivity index (χ2v) is 7.50. The van der Waals surface area contributed by atoms with Crippen LogP contribution in [-0.2, 0) is 16.4 Å². The monoisotopic (exact) mass is 344 g/mol. The first-order valence-corrected chi connectivity index (χ1v) is 9.04. The minimum Gasteiger partial charge on any atom is -0.388 e. The molecule has 0 aliphatic heterocycles. The molecule has 1 aromatic heterocycles. The van der Waals surface area contributed by atoms with E-state index in [-0.39, 0.29) is 23.1 Å². The number of hydrogen-bond acceptors (Lipinski definition) is 5. The van der Waals surface area contributed by atoms with Gasteiger partial charge in [-0.3, -0.25) is 0 Å². The van der Waals surface area contributed by atoms with Gasteiger partial charge in [-0.15, -0.1) is 5.10 Å². The zero-order chi connectivity index (χ0) is 17.2. The Morgan fingerprint density at radius 3 is 2.38 bits per heavy atom. The Bertz CT molecular complexity index is 987. The summed E-state index contributed by atoms with van der Waals surface area (Å²) in [5.74, 6) is -0.724. The summed E-state index contributed by atoms with van der Waals surface area (Å²) in [4.78, 5) is 12.1. The summed E-state index contributed by atoms with van der Waals surface area (Å²) in [6.07, 6.45) is 0. The Hall–Kier alpha value is -2.67. The van der Waals surface area contributed by atoms with Crippen LogP contribution in [0, 0.1) is 6.92 Å². The van der Waals surface area contributed by atoms with Gasteiger partial charge in [0.2, 0.25) is 5.89 Å². The van der Waals surface area contributed by atoms with Crippen molar-refractivity contribution in [3.8, 4) is 11.5 Å². The summed E-state index contributed by atoms with van der Waals surface area (Å²) >= 11 is 0. The van der Waals surface area contributed by atoms with E-state index in [9.17, 15) is 13.2 Å². The number of rotatable bonds is 5. The zero-order valence-corrected chi connectivity index (χ0v) is 13.9. The maximum absolute atomic E-state index is 12.3. The van der Waals surface area contributed by atoms with Crippen LogP contribution >= 0.6 is 0 Å². The second kappa shape index (κ2) is 6.45. The fourth-order valence-electron chi connectivity index (χ4n) is 2.22. The van der Waals surface area contributed by atoms with Crippen molar-refractivity contribution in [2.24, 2.45) is 0 Å². The summed E-state index contributed by atoms with van der Waals surface area (Å²) in [6.45, 7) is 1.82. The molecule has 0 atom stereocenters. The Kier molecular flexibility index (Phi) is 4.35. The molecule has 0 amide bonds. The molecule has 0 bridgehead atoms. The number of sulfone groups is 1. The highest BCUT2D eigenvalue weighted by Crippen LogP contribution is 2.15. The van der Waals surface area contributed by atoms with E-state index >= 15 is 0 Å². The van der Waals surface area contributed by atoms with Crippen LogP contribution in [0.2, 0.25) is 0 Å². The van der Waals surface area contributed by atoms with Crippen LogP contribution in [-0.4, -0.2) is 24.0 Å². The van der Waals surface area contributed by atoms with Crippen LogP contribution in [0.5, 0.6) is 0 Å². The van der Waals surface area contributed by atoms with Crippen LogP contribution < -0.4 is 5.76 Å². The van der Waals surface area contributed by atoms with Crippen molar-refractivity contribution >= 4 is 9.84 Å². The Morgan fingerprint density at radius 1 is 1.04 bits per heavy atom. The molecule has 0 saturated heterocycles. The fourth-order valence-corrected chi connectivity index (χ4v) is 3.41. The molecule has 2 aromatic carbocycles. The van der Waals surface area contributed by atoms with Crippen LogP contribution in [0.25, 0.3) is 11.5 Å². The van der Waals surface area contributed by atoms with Crippen molar-refractivity contribution < 1.29 is 12.8 Å². The molecule has 0 aliphatic rings. The lowest BCUT2D eigenvalue weighted by Gasteiger charge is -2.04. The molecule has 0 aliphatic carbocycles. The molecule has 0 N–H and O–H groups in total. The minimum absolute atomic E-state index is 0.0641. The van der Waals surface area contributed by atoms with Gasteiger partial charge in [-0.05, 0) is 31.2 Å². The minimum atomic E-state index is -3.49. The van der Waals surface area contributed by atoms with Gasteiger partial charge in [0, 0.05) is 5.56 Å². The first kappa shape index (κ1) is 16.2. The van der Waals surface area contributed by atoms with Crippen molar-refractivity contribution in [1.82, 2.24) is 9.78 Å². The van der Waals surface area contributed by atoms with Crippen molar-refractivity contribution in [2.45, 2.75) is 18.4 Å². The van der Waals surface area contributed by atoms with Crippen molar-refractivity contribution in [3.63, 3.8) is 0 Å². The van der Waals surface area contributed by atoms with Gasteiger partial charge < -0.3 is 4.42 Å². The number of aryl methyl sites for hydroxylation is 2. The van der Waals surface area contributed by atoms with Crippen LogP contribution in [0.1, 0.15) is 5.56 Å². The van der Waals surface area contributed by atoms with E-state index in [1.807, 2.05) is 13.0 Å². The molecule has 6 nitrogen and oxygen atoms in total. The summed E-state index contributed by atoms with van der Waals surface area (Å²) < 4.78 is 30.8. The van der Waals surface area contributed by atoms with Crippen molar-refractivity contribution in [3.05, 3.63) is 70.7 Å². The molecule has 7 heteroatoms. The van der Waals surface area contributed by atoms with E-state index in [0.29, 0.717) is 5.56 Å². The summed E-state index contributed by atoms with van der Waals surface area (Å²) in [7, 11) is -3.49. The number of benzene rings is 2. The average Bonchev–Trinajstić information content (AvgIpc) is 2.95. The quantitative estimate of drug-likeness (QED) is 0.709. The standard InChI is InChI=1S/C17H16N2O4S/c1-13-7-9-15(10-8-13)24(21,22)12-11-19-17(20)23-16(18-19)14-5-3-2-4-6-14/h2-10H,11-12H2,1H3. The fraction of sp³-hybridized carbons (Fsp3) is 0.176. The third-order valence-electron chi connectivity index (χ3n) is 3.58. The van der Waals surface area contributed by atoms with Crippen LogP contribution in [0.15, 0.2) is 68.7 Å². The normalized spacial score (nSPS) is 11.5. The lowest BCUT2D eigenvalue weighted by molar-refractivity contribution is 0.489. The van der Waals surface area contributed by atoms with Crippen molar-refractivity contribution in [1.29, 1.82) is 0 Å². The Labute approximate surface area is 139 Å². The van der Waals surface area contributed by atoms with E-state index in [0.717, 1.165) is 10.2 Å². The van der Waals surface area contributed by atoms with E-state index in [1.54, 1.807) is 48.5 Å². The highest BCUT2D eigenvalue weighted by Gasteiger charge is 2.17. The first-order valence-electron chi connectivity index (χ1n) is 7.38. The molecule has 0 unspecified atom stereocenters. The van der Waals surface area contributed by atoms with E-state index in [4.69, 9.17) is 4.42 Å². The van der Waals surface area contributed by atoms with Gasteiger partial charge in [-0.2, -0.15) is 4.68 Å². The molecule has 124 valence electrons. The Balaban J connectivity index is 1.79. The third-order valence-corrected chi connectivity index (χ3v) is 5.29. The molecule has 24 heavy (non-hydrogen) atoms. The van der Waals surface area contributed by atoms with Crippen LogP contribution in [0.4, 0.5) is 0 Å². The topological polar surface area (TPSA) is 82.2 Å². The summed E-state index contributed by atoms with van der Waals surface area (Å²) in [6, 6.07) is 15.6. The first-order chi connectivity index (χ1) is 11.5. The van der Waals surface area contributed by atoms with Crippen LogP contribution in [0.3, 0.4) is 0 Å². The number of aromatic nitrogens is 2. The van der Waals surface area contributed by atoms with Gasteiger partial charge in [0.05, 0.1) is 17.2 Å². The van der Waals surface area contributed by atoms with Gasteiger partial charge in [-0.1, -0.05) is 35.9 Å².